The lowest BCUT2D eigenvalue weighted by Gasteiger charge is -2.23. The summed E-state index contributed by atoms with van der Waals surface area (Å²) in [4.78, 5) is 1.00. The van der Waals surface area contributed by atoms with Crippen molar-refractivity contribution >= 4 is 11.2 Å². The maximum absolute atomic E-state index is 11.6. The van der Waals surface area contributed by atoms with Crippen LogP contribution >= 0.6 is 0 Å². The van der Waals surface area contributed by atoms with Crippen molar-refractivity contribution in [3.8, 4) is 0 Å². The molecule has 81 valence electrons. The molecule has 1 atom stereocenters. The van der Waals surface area contributed by atoms with Crippen LogP contribution in [0.3, 0.4) is 0 Å². The highest BCUT2D eigenvalue weighted by Crippen LogP contribution is 2.30. The molecule has 15 heavy (non-hydrogen) atoms. The monoisotopic (exact) mass is 222 g/mol. The van der Waals surface area contributed by atoms with Gasteiger partial charge in [-0.25, -0.2) is 5.32 Å². The second-order valence-corrected chi connectivity index (χ2v) is 5.29. The third kappa shape index (κ3) is 2.54. The Bertz CT molecular complexity index is 321. The van der Waals surface area contributed by atoms with E-state index in [1.54, 1.807) is 6.26 Å². The van der Waals surface area contributed by atoms with Crippen LogP contribution < -0.4 is 5.32 Å². The molecule has 1 radical (unpaired) electrons. The summed E-state index contributed by atoms with van der Waals surface area (Å²) in [6.07, 6.45) is 3.97. The first-order valence-corrected chi connectivity index (χ1v) is 6.90. The van der Waals surface area contributed by atoms with Gasteiger partial charge >= 0.3 is 0 Å². The molecule has 0 amide bonds. The summed E-state index contributed by atoms with van der Waals surface area (Å²) in [5.41, 5.74) is 1.27. The fourth-order valence-corrected chi connectivity index (χ4v) is 2.98. The highest BCUT2D eigenvalue weighted by molar-refractivity contribution is 7.90. The lowest BCUT2D eigenvalue weighted by atomic mass is 9.90. The predicted octanol–water partition coefficient (Wildman–Crippen LogP) is 1.91. The van der Waals surface area contributed by atoms with Gasteiger partial charge in [0.05, 0.1) is 0 Å². The summed E-state index contributed by atoms with van der Waals surface area (Å²) >= 11 is -0.873. The van der Waals surface area contributed by atoms with Crippen molar-refractivity contribution in [2.75, 3.05) is 19.3 Å². The summed E-state index contributed by atoms with van der Waals surface area (Å²) in [5.74, 6) is 0.558. The Labute approximate surface area is 94.3 Å². The van der Waals surface area contributed by atoms with Crippen LogP contribution in [0.5, 0.6) is 0 Å². The molecule has 3 heteroatoms. The summed E-state index contributed by atoms with van der Waals surface area (Å²) in [6, 6.07) is 8.11. The van der Waals surface area contributed by atoms with Crippen LogP contribution in [0.4, 0.5) is 0 Å². The molecule has 0 bridgehead atoms. The molecule has 1 aromatic carbocycles. The first-order valence-electron chi connectivity index (χ1n) is 5.34. The first kappa shape index (κ1) is 11.0. The highest BCUT2D eigenvalue weighted by atomic mass is 32.2. The largest absolute Gasteiger partial charge is 0.612 e. The highest BCUT2D eigenvalue weighted by Gasteiger charge is 2.21. The lowest BCUT2D eigenvalue weighted by molar-refractivity contribution is 0.448. The van der Waals surface area contributed by atoms with Gasteiger partial charge in [0, 0.05) is 18.7 Å². The second-order valence-electron chi connectivity index (χ2n) is 3.94. The van der Waals surface area contributed by atoms with E-state index < -0.39 is 11.2 Å². The van der Waals surface area contributed by atoms with E-state index in [2.05, 4.69) is 11.4 Å². The van der Waals surface area contributed by atoms with E-state index in [9.17, 15) is 4.55 Å². The molecule has 1 fully saturated rings. The van der Waals surface area contributed by atoms with Crippen molar-refractivity contribution in [3.05, 3.63) is 29.8 Å². The van der Waals surface area contributed by atoms with Crippen molar-refractivity contribution in [1.82, 2.24) is 5.32 Å². The lowest BCUT2D eigenvalue weighted by Crippen LogP contribution is -2.22. The van der Waals surface area contributed by atoms with E-state index in [1.807, 2.05) is 18.2 Å². The molecule has 2 nitrogen and oxygen atoms in total. The third-order valence-corrected chi connectivity index (χ3v) is 3.93. The maximum Gasteiger partial charge on any atom is 0.155 e. The average Bonchev–Trinajstić information content (AvgIpc) is 2.30. The normalized spacial score (nSPS) is 20.1. The van der Waals surface area contributed by atoms with Gasteiger partial charge in [0.1, 0.15) is 6.26 Å². The molecule has 0 spiro atoms. The topological polar surface area (TPSA) is 37.2 Å². The van der Waals surface area contributed by atoms with Crippen molar-refractivity contribution in [2.24, 2.45) is 0 Å². The van der Waals surface area contributed by atoms with Crippen LogP contribution in [-0.2, 0) is 11.2 Å². The Morgan fingerprint density at radius 1 is 1.27 bits per heavy atom. The van der Waals surface area contributed by atoms with Gasteiger partial charge in [-0.15, -0.1) is 0 Å². The molecule has 1 heterocycles. The second kappa shape index (κ2) is 5.01. The van der Waals surface area contributed by atoms with E-state index in [0.717, 1.165) is 30.8 Å². The molecular formula is C12H16NOS. The zero-order valence-electron chi connectivity index (χ0n) is 8.98. The Morgan fingerprint density at radius 2 is 1.93 bits per heavy atom. The van der Waals surface area contributed by atoms with Crippen LogP contribution in [0.15, 0.2) is 29.2 Å². The van der Waals surface area contributed by atoms with Crippen LogP contribution in [0.2, 0.25) is 0 Å². The molecule has 1 aliphatic rings. The predicted molar refractivity (Wildman–Crippen MR) is 62.6 cm³/mol. The summed E-state index contributed by atoms with van der Waals surface area (Å²) in [5, 5.41) is 4.35. The van der Waals surface area contributed by atoms with E-state index in [-0.39, 0.29) is 0 Å². The van der Waals surface area contributed by atoms with Crippen LogP contribution in [0.1, 0.15) is 24.3 Å². The molecule has 0 unspecified atom stereocenters. The minimum absolute atomic E-state index is 0.558. The fraction of sp³-hybridized carbons (Fsp3) is 0.500. The Balaban J connectivity index is 2.25. The van der Waals surface area contributed by atoms with Crippen molar-refractivity contribution in [3.63, 3.8) is 0 Å². The number of benzene rings is 1. The number of hydrogen-bond acceptors (Lipinski definition) is 1. The molecule has 1 saturated heterocycles. The van der Waals surface area contributed by atoms with Gasteiger partial charge in [-0.05, 0) is 36.0 Å². The fourth-order valence-electron chi connectivity index (χ4n) is 2.14. The smallest absolute Gasteiger partial charge is 0.155 e. The molecule has 0 saturated carbocycles. The summed E-state index contributed by atoms with van der Waals surface area (Å²) in [6.45, 7) is 1.91. The van der Waals surface area contributed by atoms with Gasteiger partial charge in [-0.3, -0.25) is 0 Å². The number of rotatable bonds is 2. The molecule has 1 aromatic rings. The van der Waals surface area contributed by atoms with Gasteiger partial charge in [-0.1, -0.05) is 18.2 Å². The third-order valence-electron chi connectivity index (χ3n) is 2.94. The zero-order chi connectivity index (χ0) is 10.7. The van der Waals surface area contributed by atoms with E-state index in [0.29, 0.717) is 5.92 Å². The SMILES string of the molecule is C[S@+]([O-])c1ccccc1C1CC[N]CC1. The zero-order valence-corrected chi connectivity index (χ0v) is 9.80. The molecule has 0 aliphatic carbocycles. The van der Waals surface area contributed by atoms with Crippen molar-refractivity contribution in [2.45, 2.75) is 23.7 Å². The van der Waals surface area contributed by atoms with Gasteiger partial charge in [-0.2, -0.15) is 0 Å². The Hall–Kier alpha value is -0.510. The van der Waals surface area contributed by atoms with E-state index in [4.69, 9.17) is 0 Å². The molecule has 0 N–H and O–H groups in total. The van der Waals surface area contributed by atoms with Crippen LogP contribution in [-0.4, -0.2) is 23.9 Å². The van der Waals surface area contributed by atoms with Gasteiger partial charge in [0.25, 0.3) is 0 Å². The van der Waals surface area contributed by atoms with Gasteiger partial charge in [0.15, 0.2) is 4.90 Å². The Kier molecular flexibility index (Phi) is 3.67. The standard InChI is InChI=1S/C12H16NOS/c1-15(14)12-5-3-2-4-11(12)10-6-8-13-9-7-10/h2-5,10H,6-9H2,1H3/t15-/m0/s1. The molecule has 0 aromatic heterocycles. The van der Waals surface area contributed by atoms with Crippen LogP contribution in [0, 0.1) is 0 Å². The maximum atomic E-state index is 11.6. The number of nitrogens with zero attached hydrogens (tertiary/aromatic N) is 1. The van der Waals surface area contributed by atoms with E-state index in [1.165, 1.54) is 5.56 Å². The van der Waals surface area contributed by atoms with Gasteiger partial charge in [0.2, 0.25) is 0 Å². The quantitative estimate of drug-likeness (QED) is 0.704. The molecule has 1 aliphatic heterocycles. The minimum Gasteiger partial charge on any atom is -0.612 e. The average molecular weight is 222 g/mol. The van der Waals surface area contributed by atoms with Crippen molar-refractivity contribution in [1.29, 1.82) is 0 Å². The van der Waals surface area contributed by atoms with Crippen LogP contribution in [0.25, 0.3) is 0 Å². The summed E-state index contributed by atoms with van der Waals surface area (Å²) < 4.78 is 11.6. The Morgan fingerprint density at radius 3 is 2.60 bits per heavy atom. The van der Waals surface area contributed by atoms with Gasteiger partial charge < -0.3 is 4.55 Å². The first-order chi connectivity index (χ1) is 7.29. The number of piperidine rings is 1. The van der Waals surface area contributed by atoms with E-state index >= 15 is 0 Å². The number of hydrogen-bond donors (Lipinski definition) is 0. The summed E-state index contributed by atoms with van der Waals surface area (Å²) in [7, 11) is 0. The van der Waals surface area contributed by atoms with Crippen molar-refractivity contribution < 1.29 is 4.55 Å². The minimum atomic E-state index is -0.873. The molecular weight excluding hydrogens is 206 g/mol. The molecule has 2 rings (SSSR count).